The Labute approximate surface area is 148 Å². The molecule has 1 saturated heterocycles. The van der Waals surface area contributed by atoms with E-state index in [0.29, 0.717) is 10.5 Å². The molecule has 0 radical (unpaired) electrons. The number of aliphatic carboxylic acids is 1. The van der Waals surface area contributed by atoms with E-state index in [9.17, 15) is 19.5 Å². The minimum atomic E-state index is -1.10. The monoisotopic (exact) mass is 365 g/mol. The molecule has 8 heteroatoms. The molecule has 6 nitrogen and oxygen atoms in total. The summed E-state index contributed by atoms with van der Waals surface area (Å²) >= 11 is 6.21. The van der Waals surface area contributed by atoms with Crippen molar-refractivity contribution in [3.63, 3.8) is 0 Å². The zero-order valence-electron chi connectivity index (χ0n) is 12.9. The zero-order valence-corrected chi connectivity index (χ0v) is 14.6. The molecule has 0 bridgehead atoms. The number of carbonyl (C=O) groups is 3. The summed E-state index contributed by atoms with van der Waals surface area (Å²) in [6, 6.07) is 5.00. The lowest BCUT2D eigenvalue weighted by molar-refractivity contribution is -0.146. The maximum absolute atomic E-state index is 12.5. The van der Waals surface area contributed by atoms with E-state index in [2.05, 4.69) is 0 Å². The van der Waals surface area contributed by atoms with Gasteiger partial charge in [-0.15, -0.1) is 0 Å². The number of hydrogen-bond acceptors (Lipinski definition) is 5. The minimum Gasteiger partial charge on any atom is -0.480 e. The second-order valence-corrected chi connectivity index (χ2v) is 7.18. The lowest BCUT2D eigenvalue weighted by Crippen LogP contribution is -2.47. The molecule has 2 N–H and O–H groups in total. The first-order chi connectivity index (χ1) is 11.2. The number of carboxylic acids is 2. The maximum atomic E-state index is 12.5. The van der Waals surface area contributed by atoms with Gasteiger partial charge >= 0.3 is 11.9 Å². The van der Waals surface area contributed by atoms with Crippen LogP contribution in [-0.2, 0) is 9.59 Å². The van der Waals surface area contributed by atoms with Crippen LogP contribution in [0.1, 0.15) is 29.8 Å². The number of aromatic carboxylic acids is 1. The number of rotatable bonds is 5. The van der Waals surface area contributed by atoms with E-state index in [1.165, 1.54) is 12.1 Å². The topological polar surface area (TPSA) is 94.9 Å². The van der Waals surface area contributed by atoms with Crippen molar-refractivity contribution in [3.05, 3.63) is 40.3 Å². The molecule has 0 spiro atoms. The molecule has 2 rings (SSSR count). The summed E-state index contributed by atoms with van der Waals surface area (Å²) < 4.78 is 0.203. The van der Waals surface area contributed by atoms with Crippen molar-refractivity contribution >= 4 is 52.2 Å². The Bertz CT molecular complexity index is 739. The SMILES string of the molecule is CC(C)[C@@H](C(=O)O)N1C(=O)/C(=C/c2ccc(C(=O)O)cc2)SC1=S. The molecule has 0 saturated carbocycles. The zero-order chi connectivity index (χ0) is 18.0. The largest absolute Gasteiger partial charge is 0.480 e. The van der Waals surface area contributed by atoms with Crippen LogP contribution in [0.2, 0.25) is 0 Å². The number of carboxylic acid groups (broad SMARTS) is 2. The highest BCUT2D eigenvalue weighted by molar-refractivity contribution is 8.26. The fourth-order valence-electron chi connectivity index (χ4n) is 2.29. The number of nitrogens with zero attached hydrogens (tertiary/aromatic N) is 1. The molecule has 1 atom stereocenters. The second kappa shape index (κ2) is 7.14. The summed E-state index contributed by atoms with van der Waals surface area (Å²) in [5.41, 5.74) is 0.780. The van der Waals surface area contributed by atoms with Crippen molar-refractivity contribution in [1.82, 2.24) is 4.90 Å². The molecule has 24 heavy (non-hydrogen) atoms. The average molecular weight is 365 g/mol. The minimum absolute atomic E-state index is 0.144. The Kier molecular flexibility index (Phi) is 5.40. The standard InChI is InChI=1S/C16H15NO5S2/c1-8(2)12(15(21)22)17-13(18)11(24-16(17)23)7-9-3-5-10(6-4-9)14(19)20/h3-8,12H,1-2H3,(H,19,20)(H,21,22)/b11-7-/t12-/m0/s1. The van der Waals surface area contributed by atoms with E-state index in [4.69, 9.17) is 17.3 Å². The highest BCUT2D eigenvalue weighted by atomic mass is 32.2. The third kappa shape index (κ3) is 3.65. The van der Waals surface area contributed by atoms with Crippen molar-refractivity contribution in [2.75, 3.05) is 0 Å². The van der Waals surface area contributed by atoms with E-state index in [1.807, 2.05) is 0 Å². The van der Waals surface area contributed by atoms with E-state index in [-0.39, 0.29) is 15.8 Å². The van der Waals surface area contributed by atoms with E-state index >= 15 is 0 Å². The quantitative estimate of drug-likeness (QED) is 0.612. The number of benzene rings is 1. The third-order valence-electron chi connectivity index (χ3n) is 3.44. The van der Waals surface area contributed by atoms with E-state index in [0.717, 1.165) is 16.7 Å². The van der Waals surface area contributed by atoms with Crippen LogP contribution in [0, 0.1) is 5.92 Å². The lowest BCUT2D eigenvalue weighted by atomic mass is 10.0. The van der Waals surface area contributed by atoms with Crippen LogP contribution in [0.5, 0.6) is 0 Å². The molecule has 1 heterocycles. The molecule has 0 aliphatic carbocycles. The molecule has 0 unspecified atom stereocenters. The van der Waals surface area contributed by atoms with Crippen molar-refractivity contribution < 1.29 is 24.6 Å². The first-order valence-electron chi connectivity index (χ1n) is 7.05. The van der Waals surface area contributed by atoms with Gasteiger partial charge in [-0.1, -0.05) is 50.0 Å². The van der Waals surface area contributed by atoms with Crippen molar-refractivity contribution in [2.45, 2.75) is 19.9 Å². The Hall–Kier alpha value is -2.19. The first kappa shape index (κ1) is 18.2. The van der Waals surface area contributed by atoms with Gasteiger partial charge in [0.25, 0.3) is 5.91 Å². The highest BCUT2D eigenvalue weighted by Gasteiger charge is 2.41. The van der Waals surface area contributed by atoms with Crippen LogP contribution >= 0.6 is 24.0 Å². The van der Waals surface area contributed by atoms with Crippen LogP contribution in [0.3, 0.4) is 0 Å². The summed E-state index contributed by atoms with van der Waals surface area (Å²) in [6.07, 6.45) is 1.57. The first-order valence-corrected chi connectivity index (χ1v) is 8.28. The lowest BCUT2D eigenvalue weighted by Gasteiger charge is -2.26. The number of hydrogen-bond donors (Lipinski definition) is 2. The molecular formula is C16H15NO5S2. The Morgan fingerprint density at radius 2 is 1.79 bits per heavy atom. The number of thioether (sulfide) groups is 1. The predicted molar refractivity (Wildman–Crippen MR) is 94.7 cm³/mol. The van der Waals surface area contributed by atoms with Gasteiger partial charge < -0.3 is 10.2 Å². The number of amides is 1. The van der Waals surface area contributed by atoms with Crippen LogP contribution in [0.25, 0.3) is 6.08 Å². The van der Waals surface area contributed by atoms with Crippen LogP contribution < -0.4 is 0 Å². The Morgan fingerprint density at radius 3 is 2.25 bits per heavy atom. The van der Waals surface area contributed by atoms with Crippen LogP contribution in [0.4, 0.5) is 0 Å². The predicted octanol–water partition coefficient (Wildman–Crippen LogP) is 2.70. The van der Waals surface area contributed by atoms with Crippen LogP contribution in [0.15, 0.2) is 29.2 Å². The smallest absolute Gasteiger partial charge is 0.335 e. The van der Waals surface area contributed by atoms with Crippen molar-refractivity contribution in [1.29, 1.82) is 0 Å². The number of carbonyl (C=O) groups excluding carboxylic acids is 1. The molecule has 1 aromatic rings. The molecule has 1 aliphatic rings. The normalized spacial score (nSPS) is 17.6. The Morgan fingerprint density at radius 1 is 1.21 bits per heavy atom. The third-order valence-corrected chi connectivity index (χ3v) is 4.77. The molecule has 1 amide bonds. The summed E-state index contributed by atoms with van der Waals surface area (Å²) in [5, 5.41) is 18.2. The molecule has 1 aliphatic heterocycles. The Balaban J connectivity index is 2.30. The second-order valence-electron chi connectivity index (χ2n) is 5.51. The van der Waals surface area contributed by atoms with E-state index < -0.39 is 23.9 Å². The summed E-state index contributed by atoms with van der Waals surface area (Å²) in [5.74, 6) is -2.88. The fraction of sp³-hybridized carbons (Fsp3) is 0.250. The van der Waals surface area contributed by atoms with Gasteiger partial charge in [-0.2, -0.15) is 0 Å². The van der Waals surface area contributed by atoms with E-state index in [1.54, 1.807) is 32.1 Å². The van der Waals surface area contributed by atoms with Gasteiger partial charge in [0.05, 0.1) is 10.5 Å². The average Bonchev–Trinajstić information content (AvgIpc) is 2.75. The van der Waals surface area contributed by atoms with Gasteiger partial charge in [-0.05, 0) is 29.7 Å². The van der Waals surface area contributed by atoms with Gasteiger partial charge in [-0.25, -0.2) is 9.59 Å². The van der Waals surface area contributed by atoms with Gasteiger partial charge in [0, 0.05) is 0 Å². The fourth-order valence-corrected chi connectivity index (χ4v) is 3.62. The summed E-state index contributed by atoms with van der Waals surface area (Å²) in [4.78, 5) is 36.3. The van der Waals surface area contributed by atoms with Crippen LogP contribution in [-0.4, -0.2) is 43.3 Å². The highest BCUT2D eigenvalue weighted by Crippen LogP contribution is 2.35. The maximum Gasteiger partial charge on any atom is 0.335 e. The van der Waals surface area contributed by atoms with Crippen molar-refractivity contribution in [2.24, 2.45) is 5.92 Å². The van der Waals surface area contributed by atoms with Crippen molar-refractivity contribution in [3.8, 4) is 0 Å². The molecule has 126 valence electrons. The molecular weight excluding hydrogens is 350 g/mol. The van der Waals surface area contributed by atoms with Gasteiger partial charge in [0.2, 0.25) is 0 Å². The van der Waals surface area contributed by atoms with Gasteiger partial charge in [0.1, 0.15) is 10.4 Å². The van der Waals surface area contributed by atoms with Gasteiger partial charge in [-0.3, -0.25) is 9.69 Å². The number of thiocarbonyl (C=S) groups is 1. The summed E-state index contributed by atoms with van der Waals surface area (Å²) in [6.45, 7) is 3.43. The van der Waals surface area contributed by atoms with Gasteiger partial charge in [0.15, 0.2) is 0 Å². The molecule has 1 fully saturated rings. The summed E-state index contributed by atoms with van der Waals surface area (Å²) in [7, 11) is 0. The molecule has 1 aromatic carbocycles. The molecule has 0 aromatic heterocycles.